The highest BCUT2D eigenvalue weighted by Crippen LogP contribution is 2.39. The third kappa shape index (κ3) is 3.76. The minimum atomic E-state index is -0.357. The molecule has 1 unspecified atom stereocenters. The molecule has 5 nitrogen and oxygen atoms in total. The van der Waals surface area contributed by atoms with E-state index in [-0.39, 0.29) is 24.5 Å². The fourth-order valence-electron chi connectivity index (χ4n) is 1.94. The molecule has 1 aliphatic rings. The van der Waals surface area contributed by atoms with Crippen LogP contribution < -0.4 is 5.84 Å². The normalized spacial score (nSPS) is 23.0. The number of hydrogen-bond acceptors (Lipinski definition) is 5. The van der Waals surface area contributed by atoms with E-state index in [4.69, 9.17) is 19.9 Å². The van der Waals surface area contributed by atoms with Crippen molar-refractivity contribution in [1.29, 1.82) is 0 Å². The van der Waals surface area contributed by atoms with Crippen molar-refractivity contribution in [2.24, 2.45) is 5.84 Å². The van der Waals surface area contributed by atoms with Gasteiger partial charge in [0.15, 0.2) is 0 Å². The molecule has 0 spiro atoms. The molecule has 0 aliphatic carbocycles. The first kappa shape index (κ1) is 17.5. The molecule has 0 aromatic rings. The molecule has 0 radical (unpaired) electrons. The molecular weight excluding hydrogens is 255 g/mol. The van der Waals surface area contributed by atoms with Crippen molar-refractivity contribution < 1.29 is 14.0 Å². The molecule has 1 atom stereocenters. The van der Waals surface area contributed by atoms with Crippen LogP contribution in [0.4, 0.5) is 0 Å². The lowest BCUT2D eigenvalue weighted by molar-refractivity contribution is -0.0186. The Morgan fingerprint density at radius 2 is 1.75 bits per heavy atom. The van der Waals surface area contributed by atoms with E-state index in [1.165, 1.54) is 0 Å². The van der Waals surface area contributed by atoms with Crippen LogP contribution in [-0.2, 0) is 14.0 Å². The van der Waals surface area contributed by atoms with Crippen LogP contribution >= 0.6 is 0 Å². The Labute approximate surface area is 123 Å². The van der Waals surface area contributed by atoms with Gasteiger partial charge in [0.25, 0.3) is 0 Å². The van der Waals surface area contributed by atoms with E-state index in [2.05, 4.69) is 6.92 Å². The lowest BCUT2D eigenvalue weighted by atomic mass is 9.77. The van der Waals surface area contributed by atoms with Crippen LogP contribution in [0, 0.1) is 0 Å². The average Bonchev–Trinajstić information content (AvgIpc) is 2.55. The van der Waals surface area contributed by atoms with E-state index in [9.17, 15) is 0 Å². The maximum atomic E-state index is 6.04. The smallest absolute Gasteiger partial charge is 0.400 e. The van der Waals surface area contributed by atoms with Crippen LogP contribution in [0.2, 0.25) is 0 Å². The third-order valence-electron chi connectivity index (χ3n) is 4.11. The fraction of sp³-hybridized carbons (Fsp3) is 0.857. The van der Waals surface area contributed by atoms with Crippen molar-refractivity contribution >= 4 is 7.12 Å². The standard InChI is InChI=1S/C14H29BN2O3/c1-8-12(10-17(16)11(3)18-9-2)15-19-13(4,5)14(6,7)20-15/h10-11H,8-9,16H2,1-7H3/b12-10+. The van der Waals surface area contributed by atoms with E-state index >= 15 is 0 Å². The average molecular weight is 284 g/mol. The Kier molecular flexibility index (Phi) is 5.66. The Bertz CT molecular complexity index is 342. The first-order valence-corrected chi connectivity index (χ1v) is 7.35. The summed E-state index contributed by atoms with van der Waals surface area (Å²) in [4.78, 5) is 0. The summed E-state index contributed by atoms with van der Waals surface area (Å²) in [5.74, 6) is 6.00. The second-order valence-electron chi connectivity index (χ2n) is 6.15. The zero-order valence-electron chi connectivity index (χ0n) is 13.9. The SMILES string of the molecule is CCOC(C)N(N)/C=C(\CC)B1OC(C)(C)C(C)(C)O1. The molecule has 1 fully saturated rings. The molecule has 0 bridgehead atoms. The van der Waals surface area contributed by atoms with E-state index < -0.39 is 0 Å². The minimum Gasteiger partial charge on any atom is -0.400 e. The summed E-state index contributed by atoms with van der Waals surface area (Å²) in [7, 11) is -0.357. The van der Waals surface area contributed by atoms with Gasteiger partial charge in [-0.3, -0.25) is 5.01 Å². The van der Waals surface area contributed by atoms with Gasteiger partial charge in [-0.25, -0.2) is 5.84 Å². The number of hydrogen-bond donors (Lipinski definition) is 1. The summed E-state index contributed by atoms with van der Waals surface area (Å²) in [6.07, 6.45) is 2.50. The van der Waals surface area contributed by atoms with Gasteiger partial charge in [-0.15, -0.1) is 0 Å². The molecule has 0 aromatic carbocycles. The monoisotopic (exact) mass is 284 g/mol. The maximum absolute atomic E-state index is 6.04. The van der Waals surface area contributed by atoms with Crippen LogP contribution in [0.15, 0.2) is 11.7 Å². The van der Waals surface area contributed by atoms with Gasteiger partial charge in [0.1, 0.15) is 6.23 Å². The van der Waals surface area contributed by atoms with Crippen molar-refractivity contribution in [2.75, 3.05) is 6.61 Å². The second kappa shape index (κ2) is 6.47. The van der Waals surface area contributed by atoms with Crippen molar-refractivity contribution in [3.63, 3.8) is 0 Å². The quantitative estimate of drug-likeness (QED) is 0.351. The number of ether oxygens (including phenoxy) is 1. The van der Waals surface area contributed by atoms with Crippen LogP contribution in [0.1, 0.15) is 54.9 Å². The number of hydrazine groups is 1. The molecule has 6 heteroatoms. The highest BCUT2D eigenvalue weighted by molar-refractivity contribution is 6.54. The minimum absolute atomic E-state index is 0.177. The van der Waals surface area contributed by atoms with Crippen molar-refractivity contribution in [3.05, 3.63) is 11.7 Å². The predicted octanol–water partition coefficient (Wildman–Crippen LogP) is 2.47. The number of allylic oxidation sites excluding steroid dienone is 1. The molecule has 116 valence electrons. The van der Waals surface area contributed by atoms with Crippen LogP contribution in [0.3, 0.4) is 0 Å². The summed E-state index contributed by atoms with van der Waals surface area (Å²) in [5, 5.41) is 1.56. The van der Waals surface area contributed by atoms with Gasteiger partial charge in [0.05, 0.1) is 11.2 Å². The molecular formula is C14H29BN2O3. The summed E-state index contributed by atoms with van der Waals surface area (Å²) >= 11 is 0. The highest BCUT2D eigenvalue weighted by atomic mass is 16.7. The Morgan fingerprint density at radius 1 is 1.25 bits per heavy atom. The van der Waals surface area contributed by atoms with Crippen molar-refractivity contribution in [3.8, 4) is 0 Å². The number of nitrogens with zero attached hydrogens (tertiary/aromatic N) is 1. The van der Waals surface area contributed by atoms with Gasteiger partial charge in [-0.05, 0) is 53.4 Å². The second-order valence-corrected chi connectivity index (χ2v) is 6.15. The molecule has 0 aromatic heterocycles. The first-order valence-electron chi connectivity index (χ1n) is 7.35. The third-order valence-corrected chi connectivity index (χ3v) is 4.11. The lowest BCUT2D eigenvalue weighted by Gasteiger charge is -2.32. The number of nitrogens with two attached hydrogens (primary N) is 1. The molecule has 1 rings (SSSR count). The summed E-state index contributed by atoms with van der Waals surface area (Å²) in [5.41, 5.74) is 0.339. The van der Waals surface area contributed by atoms with Crippen molar-refractivity contribution in [1.82, 2.24) is 5.01 Å². The number of rotatable bonds is 6. The molecule has 1 aliphatic heterocycles. The highest BCUT2D eigenvalue weighted by Gasteiger charge is 2.52. The van der Waals surface area contributed by atoms with Gasteiger partial charge in [0.2, 0.25) is 0 Å². The zero-order chi connectivity index (χ0) is 15.6. The molecule has 0 saturated carbocycles. The van der Waals surface area contributed by atoms with Crippen molar-refractivity contribution in [2.45, 2.75) is 72.3 Å². The predicted molar refractivity (Wildman–Crippen MR) is 81.6 cm³/mol. The van der Waals surface area contributed by atoms with Gasteiger partial charge >= 0.3 is 7.12 Å². The summed E-state index contributed by atoms with van der Waals surface area (Å²) in [6.45, 7) is 14.7. The molecule has 1 saturated heterocycles. The molecule has 0 amide bonds. The van der Waals surface area contributed by atoms with Gasteiger partial charge < -0.3 is 14.0 Å². The molecule has 1 heterocycles. The Hall–Kier alpha value is -0.555. The zero-order valence-corrected chi connectivity index (χ0v) is 13.9. The topological polar surface area (TPSA) is 57.0 Å². The van der Waals surface area contributed by atoms with E-state index in [0.717, 1.165) is 11.9 Å². The van der Waals surface area contributed by atoms with Gasteiger partial charge in [-0.1, -0.05) is 6.92 Å². The Morgan fingerprint density at radius 3 is 2.15 bits per heavy atom. The molecule has 2 N–H and O–H groups in total. The summed E-state index contributed by atoms with van der Waals surface area (Å²) in [6, 6.07) is 0. The lowest BCUT2D eigenvalue weighted by Crippen LogP contribution is -2.41. The van der Waals surface area contributed by atoms with E-state index in [1.807, 2.05) is 47.7 Å². The maximum Gasteiger partial charge on any atom is 0.492 e. The first-order chi connectivity index (χ1) is 9.14. The fourth-order valence-corrected chi connectivity index (χ4v) is 1.94. The van der Waals surface area contributed by atoms with Gasteiger partial charge in [0, 0.05) is 12.8 Å². The molecule has 20 heavy (non-hydrogen) atoms. The summed E-state index contributed by atoms with van der Waals surface area (Å²) < 4.78 is 17.6. The van der Waals surface area contributed by atoms with Crippen LogP contribution in [0.5, 0.6) is 0 Å². The van der Waals surface area contributed by atoms with Gasteiger partial charge in [-0.2, -0.15) is 0 Å². The Balaban J connectivity index is 2.82. The van der Waals surface area contributed by atoms with Crippen LogP contribution in [-0.4, -0.2) is 36.2 Å². The van der Waals surface area contributed by atoms with E-state index in [0.29, 0.717) is 6.61 Å². The largest absolute Gasteiger partial charge is 0.492 e. The van der Waals surface area contributed by atoms with E-state index in [1.54, 1.807) is 5.01 Å². The van der Waals surface area contributed by atoms with Crippen LogP contribution in [0.25, 0.3) is 0 Å².